The Hall–Kier alpha value is 0.0222. The molecule has 0 fully saturated rings. The van der Waals surface area contributed by atoms with Crippen LogP contribution < -0.4 is 5.56 Å². The summed E-state index contributed by atoms with van der Waals surface area (Å²) in [6, 6.07) is 0. The predicted octanol–water partition coefficient (Wildman–Crippen LogP) is 2.05. The maximum absolute atomic E-state index is 12.5. The molecule has 1 heterocycles. The normalized spacial score (nSPS) is 12.5. The second-order valence-corrected chi connectivity index (χ2v) is 5.44. The van der Waals surface area contributed by atoms with Gasteiger partial charge in [-0.2, -0.15) is 0 Å². The minimum absolute atomic E-state index is 0. The van der Waals surface area contributed by atoms with E-state index >= 15 is 0 Å². The van der Waals surface area contributed by atoms with Crippen LogP contribution >= 0.6 is 0 Å². The predicted molar refractivity (Wildman–Crippen MR) is 75.4 cm³/mol. The Balaban J connectivity index is 0.00000361. The van der Waals surface area contributed by atoms with Crippen molar-refractivity contribution in [2.75, 3.05) is 0 Å². The van der Waals surface area contributed by atoms with Gasteiger partial charge in [-0.25, -0.2) is 0 Å². The summed E-state index contributed by atoms with van der Waals surface area (Å²) in [5.74, 6) is 0.925. The summed E-state index contributed by atoms with van der Waals surface area (Å²) in [4.78, 5) is 17.0. The first-order chi connectivity index (χ1) is 8.92. The summed E-state index contributed by atoms with van der Waals surface area (Å²) in [5, 5.41) is 0. The standard InChI is InChI=1S/C15H18N2O.W.Y/c1-7-8-11(4)17-14(9-10(2)3)16-13(6)12(5)15(17)18;;/h1,4,7-8,10H,2,9H2,3,5-6H3;;/q-2;;/b11-8+;;/t10-;;/m0../s1. The van der Waals surface area contributed by atoms with Crippen LogP contribution in [0.3, 0.4) is 0 Å². The number of hydrogen-bond donors (Lipinski definition) is 0. The summed E-state index contributed by atoms with van der Waals surface area (Å²) in [5.41, 5.74) is 2.18. The van der Waals surface area contributed by atoms with Crippen molar-refractivity contribution in [3.8, 4) is 0 Å². The second kappa shape index (κ2) is 9.12. The van der Waals surface area contributed by atoms with Crippen molar-refractivity contribution >= 4 is 10.1 Å². The number of aryl methyl sites for hydroxylation is 1. The zero-order valence-corrected chi connectivity index (χ0v) is 17.9. The molecule has 20 heavy (non-hydrogen) atoms. The molecule has 1 rings (SSSR count). The molecule has 3 nitrogen and oxygen atoms in total. The molecule has 0 N–H and O–H groups in total. The molecule has 0 bridgehead atoms. The largest absolute Gasteiger partial charge is 0 e. The summed E-state index contributed by atoms with van der Waals surface area (Å²) >= 11 is 1.25. The van der Waals surface area contributed by atoms with Crippen LogP contribution in [0.15, 0.2) is 16.9 Å². The van der Waals surface area contributed by atoms with E-state index in [2.05, 4.69) is 11.9 Å². The molecule has 1 atom stereocenters. The molecule has 0 aliphatic heterocycles. The van der Waals surface area contributed by atoms with Gasteiger partial charge in [0.05, 0.1) is 0 Å². The van der Waals surface area contributed by atoms with Crippen LogP contribution in [-0.4, -0.2) is 14.0 Å². The van der Waals surface area contributed by atoms with Crippen molar-refractivity contribution in [2.24, 2.45) is 5.92 Å². The van der Waals surface area contributed by atoms with Crippen LogP contribution in [0.4, 0.5) is 0 Å². The van der Waals surface area contributed by atoms with E-state index < -0.39 is 0 Å². The minimum atomic E-state index is -0.0336. The molecule has 0 unspecified atom stereocenters. The Morgan fingerprint density at radius 3 is 2.60 bits per heavy atom. The van der Waals surface area contributed by atoms with Gasteiger partial charge in [0.2, 0.25) is 0 Å². The van der Waals surface area contributed by atoms with Crippen LogP contribution in [0.2, 0.25) is 0 Å². The van der Waals surface area contributed by atoms with Crippen molar-refractivity contribution in [3.05, 3.63) is 53.1 Å². The third kappa shape index (κ3) is 4.79. The first-order valence-electron chi connectivity index (χ1n) is 6.05. The van der Waals surface area contributed by atoms with E-state index in [-0.39, 0.29) is 44.2 Å². The van der Waals surface area contributed by atoms with E-state index in [1.165, 1.54) is 25.4 Å². The van der Waals surface area contributed by atoms with Crippen LogP contribution in [0, 0.1) is 33.3 Å². The summed E-state index contributed by atoms with van der Waals surface area (Å²) in [6.45, 7) is 15.1. The van der Waals surface area contributed by atoms with Crippen LogP contribution in [-0.2, 0) is 58.5 Å². The Labute approximate surface area is 156 Å². The third-order valence-corrected chi connectivity index (χ3v) is 3.67. The average molecular weight is 515 g/mol. The molecule has 105 valence electrons. The molecule has 0 amide bonds. The molecule has 5 heteroatoms. The smallest absolute Gasteiger partial charge is 0 e. The van der Waals surface area contributed by atoms with Crippen molar-refractivity contribution in [1.82, 2.24) is 9.55 Å². The fourth-order valence-corrected chi connectivity index (χ4v) is 2.41. The number of rotatable bonds is 5. The molecule has 0 saturated heterocycles. The molecule has 0 aromatic carbocycles. The van der Waals surface area contributed by atoms with Gasteiger partial charge in [0.25, 0.3) is 0 Å². The third-order valence-electron chi connectivity index (χ3n) is 2.80. The number of hydrogen-bond acceptors (Lipinski definition) is 2. The zero-order chi connectivity index (χ0) is 14.6. The maximum Gasteiger partial charge on any atom is 0 e. The topological polar surface area (TPSA) is 34.9 Å². The van der Waals surface area contributed by atoms with E-state index in [0.717, 1.165) is 17.2 Å². The fraction of sp³-hybridized carbons (Fsp3) is 0.333. The molecule has 0 spiro atoms. The second-order valence-electron chi connectivity index (χ2n) is 4.59. The van der Waals surface area contributed by atoms with Gasteiger partial charge in [0, 0.05) is 32.7 Å². The van der Waals surface area contributed by atoms with Gasteiger partial charge in [-0.05, 0) is 0 Å². The number of nitrogens with zero attached hydrogens (tertiary/aromatic N) is 2. The molecule has 1 radical (unpaired) electrons. The van der Waals surface area contributed by atoms with Crippen molar-refractivity contribution in [2.45, 2.75) is 27.2 Å². The van der Waals surface area contributed by atoms with E-state index in [0.29, 0.717) is 12.0 Å². The molecular formula is C15H18N2OWY-2. The monoisotopic (exact) mass is 515 g/mol. The first kappa shape index (κ1) is 20.0. The molecule has 1 aromatic rings. The number of allylic oxidation sites excluding steroid dienone is 3. The summed E-state index contributed by atoms with van der Waals surface area (Å²) in [6.07, 6.45) is 3.82. The quantitative estimate of drug-likeness (QED) is 0.445. The molecule has 0 aliphatic rings. The molecular weight excluding hydrogens is 497 g/mol. The minimum Gasteiger partial charge on any atom is 0 e. The van der Waals surface area contributed by atoms with Gasteiger partial charge in [-0.15, -0.1) is 0 Å². The van der Waals surface area contributed by atoms with E-state index in [4.69, 9.17) is 6.58 Å². The number of aromatic nitrogens is 2. The van der Waals surface area contributed by atoms with E-state index in [1.54, 1.807) is 17.6 Å². The Kier molecular flexibility index (Phi) is 9.13. The maximum atomic E-state index is 12.5. The fourth-order valence-electron chi connectivity index (χ4n) is 1.75. The van der Waals surface area contributed by atoms with Gasteiger partial charge >= 0.3 is 125 Å². The van der Waals surface area contributed by atoms with Crippen molar-refractivity contribution in [1.29, 1.82) is 0 Å². The zero-order valence-electron chi connectivity index (χ0n) is 12.1. The molecule has 0 saturated carbocycles. The summed E-state index contributed by atoms with van der Waals surface area (Å²) in [7, 11) is 0. The Morgan fingerprint density at radius 1 is 1.55 bits per heavy atom. The van der Waals surface area contributed by atoms with Gasteiger partial charge in [0.15, 0.2) is 0 Å². The molecule has 1 aromatic heterocycles. The van der Waals surface area contributed by atoms with Crippen molar-refractivity contribution in [3.63, 3.8) is 0 Å². The van der Waals surface area contributed by atoms with Crippen molar-refractivity contribution < 1.29 is 52.1 Å². The summed E-state index contributed by atoms with van der Waals surface area (Å²) < 4.78 is 3.57. The Morgan fingerprint density at radius 2 is 2.15 bits per heavy atom. The van der Waals surface area contributed by atoms with Gasteiger partial charge in [0.1, 0.15) is 0 Å². The van der Waals surface area contributed by atoms with Gasteiger partial charge in [-0.3, -0.25) is 0 Å². The van der Waals surface area contributed by atoms with Crippen LogP contribution in [0.1, 0.15) is 24.0 Å². The van der Waals surface area contributed by atoms with E-state index in [9.17, 15) is 4.79 Å². The van der Waals surface area contributed by atoms with E-state index in [1.807, 2.05) is 18.2 Å². The SMILES string of the molecule is [CH-]=C/C=C(\[CH]=[W])n1c(C[C@@H]([CH2-])C)nc(C)c(C)c1=O.[Y]. The first-order valence-corrected chi connectivity index (χ1v) is 7.74. The van der Waals surface area contributed by atoms with Crippen LogP contribution in [0.25, 0.3) is 5.70 Å². The molecule has 0 aliphatic carbocycles. The van der Waals surface area contributed by atoms with Gasteiger partial charge in [-0.1, -0.05) is 0 Å². The Bertz CT molecular complexity index is 588. The van der Waals surface area contributed by atoms with Gasteiger partial charge < -0.3 is 0 Å². The average Bonchev–Trinajstić information content (AvgIpc) is 2.34. The van der Waals surface area contributed by atoms with Crippen LogP contribution in [0.5, 0.6) is 0 Å².